The zero-order valence-corrected chi connectivity index (χ0v) is 12.3. The summed E-state index contributed by atoms with van der Waals surface area (Å²) in [7, 11) is 1.90. The summed E-state index contributed by atoms with van der Waals surface area (Å²) in [6.45, 7) is 3.83. The van der Waals surface area contributed by atoms with E-state index < -0.39 is 0 Å². The predicted molar refractivity (Wildman–Crippen MR) is 78.5 cm³/mol. The van der Waals surface area contributed by atoms with Crippen molar-refractivity contribution in [1.82, 2.24) is 30.2 Å². The third-order valence-electron chi connectivity index (χ3n) is 3.46. The van der Waals surface area contributed by atoms with Crippen LogP contribution >= 0.6 is 12.4 Å². The standard InChI is InChI=1S/C13H18N6.ClH/c1-18-9-12(16-17-18)10-19-7-6-15-8-13(19)11-2-4-14-5-3-11;/h2-5,9,13,15H,6-8,10H2,1H3;1H. The van der Waals surface area contributed by atoms with Crippen molar-refractivity contribution in [2.45, 2.75) is 12.6 Å². The van der Waals surface area contributed by atoms with Gasteiger partial charge in [-0.3, -0.25) is 14.6 Å². The smallest absolute Gasteiger partial charge is 0.0967 e. The summed E-state index contributed by atoms with van der Waals surface area (Å²) < 4.78 is 1.75. The Morgan fingerprint density at radius 1 is 1.35 bits per heavy atom. The summed E-state index contributed by atoms with van der Waals surface area (Å²) in [4.78, 5) is 6.53. The average Bonchev–Trinajstić information content (AvgIpc) is 2.86. The van der Waals surface area contributed by atoms with Crippen LogP contribution in [0, 0.1) is 0 Å². The summed E-state index contributed by atoms with van der Waals surface area (Å²) in [5.74, 6) is 0. The fourth-order valence-electron chi connectivity index (χ4n) is 2.53. The number of aromatic nitrogens is 4. The summed E-state index contributed by atoms with van der Waals surface area (Å²) in [5.41, 5.74) is 2.31. The Morgan fingerprint density at radius 3 is 2.85 bits per heavy atom. The Hall–Kier alpha value is -1.50. The maximum absolute atomic E-state index is 4.18. The quantitative estimate of drug-likeness (QED) is 0.906. The number of aryl methyl sites for hydroxylation is 1. The highest BCUT2D eigenvalue weighted by Crippen LogP contribution is 2.22. The Bertz CT molecular complexity index is 529. The minimum absolute atomic E-state index is 0. The van der Waals surface area contributed by atoms with Crippen LogP contribution in [0.5, 0.6) is 0 Å². The average molecular weight is 295 g/mol. The van der Waals surface area contributed by atoms with Gasteiger partial charge in [-0.15, -0.1) is 17.5 Å². The third-order valence-corrected chi connectivity index (χ3v) is 3.46. The molecule has 2 aromatic rings. The molecular formula is C13H19ClN6. The molecule has 3 rings (SSSR count). The molecule has 108 valence electrons. The molecule has 20 heavy (non-hydrogen) atoms. The van der Waals surface area contributed by atoms with Gasteiger partial charge in [0.15, 0.2) is 0 Å². The summed E-state index contributed by atoms with van der Waals surface area (Å²) in [6, 6.07) is 4.54. The molecule has 0 amide bonds. The molecule has 0 saturated carbocycles. The van der Waals surface area contributed by atoms with E-state index in [4.69, 9.17) is 0 Å². The number of nitrogens with one attached hydrogen (secondary N) is 1. The molecule has 3 heterocycles. The fraction of sp³-hybridized carbons (Fsp3) is 0.462. The molecule has 1 N–H and O–H groups in total. The normalized spacial score (nSPS) is 19.6. The summed E-state index contributed by atoms with van der Waals surface area (Å²) in [5, 5.41) is 11.6. The van der Waals surface area contributed by atoms with Gasteiger partial charge < -0.3 is 5.32 Å². The van der Waals surface area contributed by atoms with Gasteiger partial charge in [0.1, 0.15) is 0 Å². The van der Waals surface area contributed by atoms with Gasteiger partial charge in [0, 0.05) is 57.9 Å². The van der Waals surface area contributed by atoms with Crippen molar-refractivity contribution in [2.24, 2.45) is 7.05 Å². The Labute approximate surface area is 124 Å². The van der Waals surface area contributed by atoms with Crippen LogP contribution in [-0.2, 0) is 13.6 Å². The zero-order valence-electron chi connectivity index (χ0n) is 11.4. The topological polar surface area (TPSA) is 58.9 Å². The first kappa shape index (κ1) is 14.9. The summed E-state index contributed by atoms with van der Waals surface area (Å²) >= 11 is 0. The first-order chi connectivity index (χ1) is 9.33. The molecule has 1 fully saturated rings. The van der Waals surface area contributed by atoms with Crippen LogP contribution in [0.1, 0.15) is 17.3 Å². The van der Waals surface area contributed by atoms with E-state index in [2.05, 4.69) is 37.6 Å². The molecule has 1 unspecified atom stereocenters. The highest BCUT2D eigenvalue weighted by molar-refractivity contribution is 5.85. The number of hydrogen-bond acceptors (Lipinski definition) is 5. The number of rotatable bonds is 3. The van der Waals surface area contributed by atoms with E-state index in [1.54, 1.807) is 4.68 Å². The van der Waals surface area contributed by atoms with Gasteiger partial charge in [0.05, 0.1) is 5.69 Å². The molecule has 2 aromatic heterocycles. The van der Waals surface area contributed by atoms with Gasteiger partial charge in [-0.2, -0.15) is 0 Å². The van der Waals surface area contributed by atoms with Crippen molar-refractivity contribution >= 4 is 12.4 Å². The van der Waals surface area contributed by atoms with Crippen molar-refractivity contribution in [2.75, 3.05) is 19.6 Å². The Kier molecular flexibility index (Phi) is 5.05. The second kappa shape index (κ2) is 6.78. The molecule has 1 atom stereocenters. The van der Waals surface area contributed by atoms with Gasteiger partial charge in [0.25, 0.3) is 0 Å². The second-order valence-corrected chi connectivity index (χ2v) is 4.85. The van der Waals surface area contributed by atoms with Crippen LogP contribution in [0.4, 0.5) is 0 Å². The summed E-state index contributed by atoms with van der Waals surface area (Å²) in [6.07, 6.45) is 5.68. The van der Waals surface area contributed by atoms with Crippen molar-refractivity contribution in [3.05, 3.63) is 42.0 Å². The maximum Gasteiger partial charge on any atom is 0.0967 e. The highest BCUT2D eigenvalue weighted by atomic mass is 35.5. The van der Waals surface area contributed by atoms with E-state index in [1.165, 1.54) is 5.56 Å². The van der Waals surface area contributed by atoms with Crippen molar-refractivity contribution in [3.63, 3.8) is 0 Å². The molecule has 0 aromatic carbocycles. The third kappa shape index (κ3) is 3.33. The highest BCUT2D eigenvalue weighted by Gasteiger charge is 2.24. The number of hydrogen-bond donors (Lipinski definition) is 1. The van der Waals surface area contributed by atoms with Crippen molar-refractivity contribution < 1.29 is 0 Å². The second-order valence-electron chi connectivity index (χ2n) is 4.85. The van der Waals surface area contributed by atoms with Crippen molar-refractivity contribution in [3.8, 4) is 0 Å². The fourth-order valence-corrected chi connectivity index (χ4v) is 2.53. The largest absolute Gasteiger partial charge is 0.314 e. The monoisotopic (exact) mass is 294 g/mol. The van der Waals surface area contributed by atoms with Crippen LogP contribution in [0.15, 0.2) is 30.7 Å². The van der Waals surface area contributed by atoms with Gasteiger partial charge in [-0.25, -0.2) is 0 Å². The molecule has 7 heteroatoms. The van der Waals surface area contributed by atoms with E-state index in [-0.39, 0.29) is 12.4 Å². The lowest BCUT2D eigenvalue weighted by Gasteiger charge is -2.35. The van der Waals surface area contributed by atoms with Crippen LogP contribution in [0.25, 0.3) is 0 Å². The first-order valence-corrected chi connectivity index (χ1v) is 6.53. The number of nitrogens with zero attached hydrogens (tertiary/aromatic N) is 5. The van der Waals surface area contributed by atoms with Crippen LogP contribution < -0.4 is 5.32 Å². The minimum Gasteiger partial charge on any atom is -0.314 e. The molecule has 1 saturated heterocycles. The number of halogens is 1. The van der Waals surface area contributed by atoms with E-state index in [9.17, 15) is 0 Å². The zero-order chi connectivity index (χ0) is 13.1. The molecular weight excluding hydrogens is 276 g/mol. The van der Waals surface area contributed by atoms with Gasteiger partial charge in [-0.05, 0) is 17.7 Å². The van der Waals surface area contributed by atoms with E-state index in [1.807, 2.05) is 25.6 Å². The predicted octanol–water partition coefficient (Wildman–Crippen LogP) is 0.778. The minimum atomic E-state index is 0. The molecule has 1 aliphatic rings. The molecule has 0 spiro atoms. The van der Waals surface area contributed by atoms with Gasteiger partial charge in [0.2, 0.25) is 0 Å². The van der Waals surface area contributed by atoms with Crippen LogP contribution in [-0.4, -0.2) is 44.5 Å². The van der Waals surface area contributed by atoms with Crippen molar-refractivity contribution in [1.29, 1.82) is 0 Å². The Morgan fingerprint density at radius 2 is 2.15 bits per heavy atom. The van der Waals surface area contributed by atoms with E-state index in [0.29, 0.717) is 6.04 Å². The lowest BCUT2D eigenvalue weighted by Crippen LogP contribution is -2.45. The van der Waals surface area contributed by atoms with E-state index in [0.717, 1.165) is 31.9 Å². The molecule has 0 radical (unpaired) electrons. The Balaban J connectivity index is 0.00000147. The molecule has 6 nitrogen and oxygen atoms in total. The molecule has 0 aliphatic carbocycles. The number of piperazine rings is 1. The number of pyridine rings is 1. The molecule has 1 aliphatic heterocycles. The lowest BCUT2D eigenvalue weighted by atomic mass is 10.0. The molecule has 0 bridgehead atoms. The van der Waals surface area contributed by atoms with Gasteiger partial charge in [-0.1, -0.05) is 5.21 Å². The maximum atomic E-state index is 4.18. The van der Waals surface area contributed by atoms with Crippen LogP contribution in [0.3, 0.4) is 0 Å². The first-order valence-electron chi connectivity index (χ1n) is 6.53. The van der Waals surface area contributed by atoms with Gasteiger partial charge >= 0.3 is 0 Å². The van der Waals surface area contributed by atoms with Crippen LogP contribution in [0.2, 0.25) is 0 Å². The lowest BCUT2D eigenvalue weighted by molar-refractivity contribution is 0.152. The van der Waals surface area contributed by atoms with E-state index >= 15 is 0 Å². The SMILES string of the molecule is Cl.Cn1cc(CN2CCNCC2c2ccncc2)nn1.